The highest BCUT2D eigenvalue weighted by atomic mass is 32.1. The predicted octanol–water partition coefficient (Wildman–Crippen LogP) is 1.32. The van der Waals surface area contributed by atoms with Crippen molar-refractivity contribution in [3.05, 3.63) is 20.7 Å². The standard InChI is InChI=1S/C13H20N2O4S/c1-9-8-20-12(19)15(9)7-5-6-10(16)14(4)13(2,3)11(17)18/h8H,5-7H2,1-4H3,(H,17,18). The molecule has 6 nitrogen and oxygen atoms in total. The van der Waals surface area contributed by atoms with Crippen LogP contribution in [-0.2, 0) is 16.1 Å². The molecular weight excluding hydrogens is 280 g/mol. The molecule has 20 heavy (non-hydrogen) atoms. The summed E-state index contributed by atoms with van der Waals surface area (Å²) >= 11 is 1.14. The summed E-state index contributed by atoms with van der Waals surface area (Å²) in [6, 6.07) is 0. The zero-order valence-electron chi connectivity index (χ0n) is 12.2. The fourth-order valence-electron chi connectivity index (χ4n) is 1.69. The van der Waals surface area contributed by atoms with Crippen LogP contribution >= 0.6 is 11.3 Å². The van der Waals surface area contributed by atoms with Crippen LogP contribution in [-0.4, -0.2) is 39.0 Å². The van der Waals surface area contributed by atoms with Crippen molar-refractivity contribution in [3.63, 3.8) is 0 Å². The monoisotopic (exact) mass is 300 g/mol. The van der Waals surface area contributed by atoms with Crippen molar-refractivity contribution in [1.82, 2.24) is 9.47 Å². The maximum Gasteiger partial charge on any atom is 0.329 e. The van der Waals surface area contributed by atoms with Crippen molar-refractivity contribution in [2.45, 2.75) is 45.7 Å². The summed E-state index contributed by atoms with van der Waals surface area (Å²) < 4.78 is 1.63. The topological polar surface area (TPSA) is 79.6 Å². The highest BCUT2D eigenvalue weighted by Crippen LogP contribution is 2.14. The van der Waals surface area contributed by atoms with Crippen molar-refractivity contribution in [1.29, 1.82) is 0 Å². The fraction of sp³-hybridized carbons (Fsp3) is 0.615. The van der Waals surface area contributed by atoms with Gasteiger partial charge in [0.1, 0.15) is 5.54 Å². The number of aryl methyl sites for hydroxylation is 1. The van der Waals surface area contributed by atoms with Gasteiger partial charge in [-0.3, -0.25) is 9.59 Å². The molecule has 0 spiro atoms. The number of carboxylic acids is 1. The van der Waals surface area contributed by atoms with Crippen molar-refractivity contribution < 1.29 is 14.7 Å². The van der Waals surface area contributed by atoms with E-state index in [0.717, 1.165) is 17.0 Å². The Morgan fingerprint density at radius 2 is 2.05 bits per heavy atom. The van der Waals surface area contributed by atoms with Crippen LogP contribution in [0, 0.1) is 6.92 Å². The maximum atomic E-state index is 12.0. The van der Waals surface area contributed by atoms with E-state index in [-0.39, 0.29) is 17.2 Å². The van der Waals surface area contributed by atoms with Gasteiger partial charge in [-0.15, -0.1) is 0 Å². The Labute approximate surface area is 121 Å². The van der Waals surface area contributed by atoms with E-state index < -0.39 is 11.5 Å². The first-order valence-corrected chi connectivity index (χ1v) is 7.21. The van der Waals surface area contributed by atoms with E-state index in [2.05, 4.69) is 0 Å². The van der Waals surface area contributed by atoms with Crippen LogP contribution in [0.25, 0.3) is 0 Å². The van der Waals surface area contributed by atoms with Crippen LogP contribution in [0.1, 0.15) is 32.4 Å². The minimum absolute atomic E-state index is 0.0332. The largest absolute Gasteiger partial charge is 0.480 e. The molecule has 1 amide bonds. The van der Waals surface area contributed by atoms with E-state index in [9.17, 15) is 14.4 Å². The smallest absolute Gasteiger partial charge is 0.329 e. The third-order valence-electron chi connectivity index (χ3n) is 3.48. The Hall–Kier alpha value is -1.63. The van der Waals surface area contributed by atoms with Gasteiger partial charge in [0.2, 0.25) is 5.91 Å². The molecule has 0 unspecified atom stereocenters. The third kappa shape index (κ3) is 3.47. The second-order valence-corrected chi connectivity index (χ2v) is 6.04. The summed E-state index contributed by atoms with van der Waals surface area (Å²) in [4.78, 5) is 35.8. The van der Waals surface area contributed by atoms with E-state index in [4.69, 9.17) is 5.11 Å². The summed E-state index contributed by atoms with van der Waals surface area (Å²) in [6.07, 6.45) is 0.727. The van der Waals surface area contributed by atoms with Crippen molar-refractivity contribution in [2.75, 3.05) is 7.05 Å². The summed E-state index contributed by atoms with van der Waals surface area (Å²) in [5, 5.41) is 10.9. The van der Waals surface area contributed by atoms with Crippen molar-refractivity contribution in [3.8, 4) is 0 Å². The Kier molecular flexibility index (Phi) is 5.10. The fourth-order valence-corrected chi connectivity index (χ4v) is 2.45. The van der Waals surface area contributed by atoms with Gasteiger partial charge in [-0.25, -0.2) is 4.79 Å². The van der Waals surface area contributed by atoms with Crippen LogP contribution in [0.2, 0.25) is 0 Å². The zero-order valence-corrected chi connectivity index (χ0v) is 13.0. The predicted molar refractivity (Wildman–Crippen MR) is 77.0 cm³/mol. The van der Waals surface area contributed by atoms with E-state index >= 15 is 0 Å². The average molecular weight is 300 g/mol. The number of thiazole rings is 1. The number of carbonyl (C=O) groups is 2. The Morgan fingerprint density at radius 3 is 2.50 bits per heavy atom. The number of nitrogens with zero attached hydrogens (tertiary/aromatic N) is 2. The quantitative estimate of drug-likeness (QED) is 0.859. The van der Waals surface area contributed by atoms with Gasteiger partial charge in [0.15, 0.2) is 0 Å². The first kappa shape index (κ1) is 16.4. The van der Waals surface area contributed by atoms with Crippen molar-refractivity contribution in [2.24, 2.45) is 0 Å². The lowest BCUT2D eigenvalue weighted by Crippen LogP contribution is -2.50. The second-order valence-electron chi connectivity index (χ2n) is 5.22. The summed E-state index contributed by atoms with van der Waals surface area (Å²) in [6.45, 7) is 5.29. The summed E-state index contributed by atoms with van der Waals surface area (Å²) in [5.41, 5.74) is -0.349. The molecule has 0 saturated heterocycles. The van der Waals surface area contributed by atoms with Gasteiger partial charge in [0, 0.05) is 31.1 Å². The molecule has 7 heteroatoms. The summed E-state index contributed by atoms with van der Waals surface area (Å²) in [7, 11) is 1.48. The normalized spacial score (nSPS) is 11.4. The van der Waals surface area contributed by atoms with Crippen LogP contribution < -0.4 is 4.87 Å². The molecule has 1 aromatic rings. The first-order chi connectivity index (χ1) is 9.17. The highest BCUT2D eigenvalue weighted by Gasteiger charge is 2.34. The number of hydrogen-bond donors (Lipinski definition) is 1. The number of amides is 1. The number of rotatable bonds is 6. The number of aromatic nitrogens is 1. The van der Waals surface area contributed by atoms with E-state index in [1.165, 1.54) is 25.8 Å². The van der Waals surface area contributed by atoms with Crippen LogP contribution in [0.3, 0.4) is 0 Å². The lowest BCUT2D eigenvalue weighted by atomic mass is 10.0. The molecule has 0 aromatic carbocycles. The van der Waals surface area contributed by atoms with E-state index in [1.807, 2.05) is 6.92 Å². The molecule has 0 saturated carbocycles. The maximum absolute atomic E-state index is 12.0. The van der Waals surface area contributed by atoms with Gasteiger partial charge in [-0.2, -0.15) is 0 Å². The number of aliphatic carboxylic acids is 1. The lowest BCUT2D eigenvalue weighted by Gasteiger charge is -2.31. The molecule has 1 N–H and O–H groups in total. The number of hydrogen-bond acceptors (Lipinski definition) is 4. The second kappa shape index (κ2) is 6.21. The van der Waals surface area contributed by atoms with Crippen LogP contribution in [0.5, 0.6) is 0 Å². The minimum atomic E-state index is -1.23. The Balaban J connectivity index is 2.57. The molecular formula is C13H20N2O4S. The Bertz CT molecular complexity index is 559. The molecule has 0 radical (unpaired) electrons. The number of carbonyl (C=O) groups excluding carboxylic acids is 1. The molecule has 0 atom stereocenters. The molecule has 0 aliphatic heterocycles. The highest BCUT2D eigenvalue weighted by molar-refractivity contribution is 7.07. The molecule has 1 heterocycles. The lowest BCUT2D eigenvalue weighted by molar-refractivity contribution is -0.155. The molecule has 1 aromatic heterocycles. The van der Waals surface area contributed by atoms with Gasteiger partial charge in [0.25, 0.3) is 0 Å². The van der Waals surface area contributed by atoms with Gasteiger partial charge in [0.05, 0.1) is 0 Å². The molecule has 0 aliphatic carbocycles. The summed E-state index contributed by atoms with van der Waals surface area (Å²) in [5.74, 6) is -1.28. The van der Waals surface area contributed by atoms with Crippen molar-refractivity contribution >= 4 is 23.2 Å². The Morgan fingerprint density at radius 1 is 1.45 bits per heavy atom. The van der Waals surface area contributed by atoms with Gasteiger partial charge >= 0.3 is 10.8 Å². The molecule has 0 aliphatic rings. The third-order valence-corrected chi connectivity index (χ3v) is 4.37. The number of carboxylic acid groups (broad SMARTS) is 1. The van der Waals surface area contributed by atoms with Gasteiger partial charge < -0.3 is 14.6 Å². The zero-order chi connectivity index (χ0) is 15.5. The average Bonchev–Trinajstić information content (AvgIpc) is 2.68. The molecule has 0 bridgehead atoms. The SMILES string of the molecule is Cc1csc(=O)n1CCCC(=O)N(C)C(C)(C)C(=O)O. The van der Waals surface area contributed by atoms with Gasteiger partial charge in [-0.05, 0) is 27.2 Å². The molecule has 112 valence electrons. The van der Waals surface area contributed by atoms with E-state index in [1.54, 1.807) is 9.95 Å². The minimum Gasteiger partial charge on any atom is -0.480 e. The first-order valence-electron chi connectivity index (χ1n) is 6.33. The molecule has 0 fully saturated rings. The molecule has 1 rings (SSSR count). The number of likely N-dealkylation sites (N-methyl/N-ethyl adjacent to an activating group) is 1. The van der Waals surface area contributed by atoms with E-state index in [0.29, 0.717) is 13.0 Å². The van der Waals surface area contributed by atoms with Gasteiger partial charge in [-0.1, -0.05) is 11.3 Å². The van der Waals surface area contributed by atoms with Crippen LogP contribution in [0.4, 0.5) is 0 Å². The van der Waals surface area contributed by atoms with Crippen LogP contribution in [0.15, 0.2) is 10.2 Å².